The van der Waals surface area contributed by atoms with E-state index >= 15 is 0 Å². The van der Waals surface area contributed by atoms with Crippen molar-refractivity contribution in [3.05, 3.63) is 0 Å². The molecule has 0 aliphatic rings. The van der Waals surface area contributed by atoms with Crippen LogP contribution in [0.3, 0.4) is 0 Å². The summed E-state index contributed by atoms with van der Waals surface area (Å²) in [5.74, 6) is 2.20. The summed E-state index contributed by atoms with van der Waals surface area (Å²) in [6.45, 7) is 1.56. The molecule has 108 valence electrons. The standard InChI is InChI=1S/C13H14F3N3O/c1-3-8-20-19-11(2)4-5-12(9-17,10-18)6-7-13(14,15)16/h1H,4-8H2,2H3. The zero-order chi connectivity index (χ0) is 15.6. The van der Waals surface area contributed by atoms with Gasteiger partial charge in [-0.3, -0.25) is 0 Å². The molecule has 0 atom stereocenters. The van der Waals surface area contributed by atoms with E-state index in [1.807, 2.05) is 0 Å². The fourth-order valence-corrected chi connectivity index (χ4v) is 1.35. The molecule has 0 rings (SSSR count). The van der Waals surface area contributed by atoms with Crippen molar-refractivity contribution in [1.29, 1.82) is 10.5 Å². The molecule has 0 saturated heterocycles. The van der Waals surface area contributed by atoms with Gasteiger partial charge in [-0.05, 0) is 26.2 Å². The van der Waals surface area contributed by atoms with E-state index in [9.17, 15) is 13.2 Å². The zero-order valence-electron chi connectivity index (χ0n) is 11.0. The molecule has 0 radical (unpaired) electrons. The van der Waals surface area contributed by atoms with Crippen LogP contribution in [0.15, 0.2) is 5.16 Å². The van der Waals surface area contributed by atoms with Crippen LogP contribution < -0.4 is 0 Å². The summed E-state index contributed by atoms with van der Waals surface area (Å²) in [6, 6.07) is 3.34. The maximum absolute atomic E-state index is 12.2. The van der Waals surface area contributed by atoms with Gasteiger partial charge in [0.25, 0.3) is 0 Å². The van der Waals surface area contributed by atoms with Gasteiger partial charge in [0.15, 0.2) is 6.61 Å². The maximum Gasteiger partial charge on any atom is 0.389 e. The quantitative estimate of drug-likeness (QED) is 0.312. The molecule has 0 aliphatic heterocycles. The summed E-state index contributed by atoms with van der Waals surface area (Å²) in [5.41, 5.74) is -1.21. The van der Waals surface area contributed by atoms with Crippen LogP contribution in [0.5, 0.6) is 0 Å². The third kappa shape index (κ3) is 7.28. The topological polar surface area (TPSA) is 69.2 Å². The zero-order valence-corrected chi connectivity index (χ0v) is 11.0. The number of terminal acetylenes is 1. The van der Waals surface area contributed by atoms with Crippen LogP contribution in [-0.4, -0.2) is 18.5 Å². The highest BCUT2D eigenvalue weighted by Gasteiger charge is 2.36. The first-order valence-corrected chi connectivity index (χ1v) is 5.77. The molecule has 0 fully saturated rings. The third-order valence-electron chi connectivity index (χ3n) is 2.55. The third-order valence-corrected chi connectivity index (χ3v) is 2.55. The Kier molecular flexibility index (Phi) is 7.18. The minimum Gasteiger partial charge on any atom is -0.383 e. The fraction of sp³-hybridized carbons (Fsp3) is 0.615. The van der Waals surface area contributed by atoms with Crippen LogP contribution in [-0.2, 0) is 4.84 Å². The highest BCUT2D eigenvalue weighted by molar-refractivity contribution is 5.81. The second-order valence-electron chi connectivity index (χ2n) is 4.23. The highest BCUT2D eigenvalue weighted by atomic mass is 19.4. The van der Waals surface area contributed by atoms with Gasteiger partial charge in [-0.15, -0.1) is 6.42 Å². The predicted molar refractivity (Wildman–Crippen MR) is 66.1 cm³/mol. The molecule has 0 spiro atoms. The Balaban J connectivity index is 4.57. The van der Waals surface area contributed by atoms with E-state index in [-0.39, 0.29) is 19.4 Å². The monoisotopic (exact) mass is 285 g/mol. The lowest BCUT2D eigenvalue weighted by Crippen LogP contribution is -2.21. The van der Waals surface area contributed by atoms with Crippen LogP contribution in [0.4, 0.5) is 13.2 Å². The van der Waals surface area contributed by atoms with Crippen molar-refractivity contribution in [2.24, 2.45) is 10.6 Å². The van der Waals surface area contributed by atoms with Gasteiger partial charge in [0, 0.05) is 6.42 Å². The van der Waals surface area contributed by atoms with E-state index in [1.54, 1.807) is 19.1 Å². The molecule has 20 heavy (non-hydrogen) atoms. The lowest BCUT2D eigenvalue weighted by atomic mass is 9.81. The number of oxime groups is 1. The normalized spacial score (nSPS) is 12.2. The molecule has 7 heteroatoms. The molecule has 0 N–H and O–H groups in total. The molecule has 0 aromatic heterocycles. The summed E-state index contributed by atoms with van der Waals surface area (Å²) in [7, 11) is 0. The van der Waals surface area contributed by atoms with Crippen molar-refractivity contribution in [2.75, 3.05) is 6.61 Å². The van der Waals surface area contributed by atoms with Crippen LogP contribution >= 0.6 is 0 Å². The van der Waals surface area contributed by atoms with Crippen LogP contribution in [0.25, 0.3) is 0 Å². The average Bonchev–Trinajstić information content (AvgIpc) is 2.39. The second kappa shape index (κ2) is 8.07. The van der Waals surface area contributed by atoms with Gasteiger partial charge >= 0.3 is 6.18 Å². The molecular formula is C13H14F3N3O. The molecule has 0 unspecified atom stereocenters. The Morgan fingerprint density at radius 1 is 1.20 bits per heavy atom. The van der Waals surface area contributed by atoms with E-state index < -0.39 is 24.4 Å². The first-order valence-electron chi connectivity index (χ1n) is 5.77. The Labute approximate surface area is 115 Å². The first kappa shape index (κ1) is 17.8. The molecule has 4 nitrogen and oxygen atoms in total. The summed E-state index contributed by atoms with van der Waals surface area (Å²) in [5, 5.41) is 21.6. The smallest absolute Gasteiger partial charge is 0.383 e. The Morgan fingerprint density at radius 2 is 1.80 bits per heavy atom. The molecule has 0 aromatic carbocycles. The number of nitriles is 2. The predicted octanol–water partition coefficient (Wildman–Crippen LogP) is 3.17. The molecule has 0 aromatic rings. The van der Waals surface area contributed by atoms with E-state index in [1.165, 1.54) is 0 Å². The van der Waals surface area contributed by atoms with E-state index in [0.29, 0.717) is 5.71 Å². The maximum atomic E-state index is 12.2. The summed E-state index contributed by atoms with van der Waals surface area (Å²) in [6.07, 6.45) is -1.02. The molecule has 0 amide bonds. The average molecular weight is 285 g/mol. The summed E-state index contributed by atoms with van der Waals surface area (Å²) < 4.78 is 36.5. The Bertz CT molecular complexity index is 449. The lowest BCUT2D eigenvalue weighted by Gasteiger charge is -2.19. The van der Waals surface area contributed by atoms with Gasteiger partial charge in [0.05, 0.1) is 17.9 Å². The van der Waals surface area contributed by atoms with Crippen molar-refractivity contribution in [3.8, 4) is 24.5 Å². The van der Waals surface area contributed by atoms with Crippen molar-refractivity contribution < 1.29 is 18.0 Å². The SMILES string of the molecule is C#CCON=C(C)CCC(C#N)(C#N)CCC(F)(F)F. The van der Waals surface area contributed by atoms with Crippen molar-refractivity contribution in [2.45, 2.75) is 38.8 Å². The van der Waals surface area contributed by atoms with Gasteiger partial charge in [0.2, 0.25) is 0 Å². The minimum absolute atomic E-state index is 0.0208. The summed E-state index contributed by atoms with van der Waals surface area (Å²) >= 11 is 0. The minimum atomic E-state index is -4.39. The van der Waals surface area contributed by atoms with E-state index in [4.69, 9.17) is 21.8 Å². The molecular weight excluding hydrogens is 271 g/mol. The Morgan fingerprint density at radius 3 is 2.25 bits per heavy atom. The van der Waals surface area contributed by atoms with Crippen molar-refractivity contribution >= 4 is 5.71 Å². The van der Waals surface area contributed by atoms with E-state index in [2.05, 4.69) is 11.1 Å². The largest absolute Gasteiger partial charge is 0.389 e. The first-order chi connectivity index (χ1) is 9.28. The molecule has 0 saturated carbocycles. The number of alkyl halides is 3. The van der Waals surface area contributed by atoms with Crippen molar-refractivity contribution in [3.63, 3.8) is 0 Å². The highest BCUT2D eigenvalue weighted by Crippen LogP contribution is 2.33. The molecule has 0 bridgehead atoms. The van der Waals surface area contributed by atoms with E-state index in [0.717, 1.165) is 0 Å². The van der Waals surface area contributed by atoms with Gasteiger partial charge in [-0.1, -0.05) is 11.1 Å². The lowest BCUT2D eigenvalue weighted by molar-refractivity contribution is -0.138. The van der Waals surface area contributed by atoms with Crippen LogP contribution in [0.1, 0.15) is 32.6 Å². The summed E-state index contributed by atoms with van der Waals surface area (Å²) in [4.78, 5) is 4.70. The van der Waals surface area contributed by atoms with Gasteiger partial charge in [-0.2, -0.15) is 23.7 Å². The number of hydrogen-bond acceptors (Lipinski definition) is 4. The van der Waals surface area contributed by atoms with Gasteiger partial charge in [0.1, 0.15) is 5.41 Å². The molecule has 0 aliphatic carbocycles. The number of hydrogen-bond donors (Lipinski definition) is 0. The Hall–Kier alpha value is -2.20. The van der Waals surface area contributed by atoms with Crippen molar-refractivity contribution in [1.82, 2.24) is 0 Å². The van der Waals surface area contributed by atoms with Crippen LogP contribution in [0.2, 0.25) is 0 Å². The molecule has 0 heterocycles. The number of halogens is 3. The van der Waals surface area contributed by atoms with Gasteiger partial charge in [-0.25, -0.2) is 0 Å². The van der Waals surface area contributed by atoms with Gasteiger partial charge < -0.3 is 4.84 Å². The fourth-order valence-electron chi connectivity index (χ4n) is 1.35. The number of nitrogens with zero attached hydrogens (tertiary/aromatic N) is 3. The van der Waals surface area contributed by atoms with Crippen LogP contribution in [0, 0.1) is 40.4 Å². The second-order valence-corrected chi connectivity index (χ2v) is 4.23. The number of rotatable bonds is 7.